The van der Waals surface area contributed by atoms with Gasteiger partial charge in [-0.25, -0.2) is 4.99 Å². The number of carbonyl (C=O) groups is 2. The molecule has 41 heavy (non-hydrogen) atoms. The minimum Gasteiger partial charge on any atom is -0.493 e. The summed E-state index contributed by atoms with van der Waals surface area (Å²) in [4.78, 5) is 33.3. The summed E-state index contributed by atoms with van der Waals surface area (Å²) in [5, 5.41) is 5.84. The molecule has 3 aliphatic heterocycles. The number of aliphatic imine (C=N–C) groups is 1. The minimum atomic E-state index is -0.366. The maximum Gasteiger partial charge on any atom is 0.228 e. The number of pyridine rings is 1. The molecule has 2 amide bonds. The Hall–Kier alpha value is -3.62. The van der Waals surface area contributed by atoms with E-state index in [0.717, 1.165) is 61.2 Å². The molecule has 3 aliphatic rings. The Balaban J connectivity index is 0.00000189. The molecule has 0 saturated carbocycles. The fourth-order valence-electron chi connectivity index (χ4n) is 5.82. The second-order valence-corrected chi connectivity index (χ2v) is 11.6. The molecule has 4 N–H and O–H groups in total. The Labute approximate surface area is 243 Å². The number of hydrogen-bond acceptors (Lipinski definition) is 7. The smallest absolute Gasteiger partial charge is 0.228 e. The van der Waals surface area contributed by atoms with Gasteiger partial charge in [-0.3, -0.25) is 19.9 Å². The predicted octanol–water partition coefficient (Wildman–Crippen LogP) is 4.77. The van der Waals surface area contributed by atoms with E-state index in [9.17, 15) is 9.59 Å². The summed E-state index contributed by atoms with van der Waals surface area (Å²) < 4.78 is 12.1. The van der Waals surface area contributed by atoms with Crippen LogP contribution in [-0.2, 0) is 22.4 Å². The van der Waals surface area contributed by atoms with E-state index in [0.29, 0.717) is 31.8 Å². The van der Waals surface area contributed by atoms with Crippen molar-refractivity contribution in [2.75, 3.05) is 6.61 Å². The van der Waals surface area contributed by atoms with E-state index >= 15 is 0 Å². The van der Waals surface area contributed by atoms with Gasteiger partial charge in [-0.15, -0.1) is 0 Å². The van der Waals surface area contributed by atoms with Crippen LogP contribution in [0.25, 0.3) is 0 Å². The molecule has 1 aromatic carbocycles. The molecule has 222 valence electrons. The first-order valence-electron chi connectivity index (χ1n) is 15.0. The highest BCUT2D eigenvalue weighted by Gasteiger charge is 2.35. The number of rotatable bonds is 9. The second kappa shape index (κ2) is 13.8. The van der Waals surface area contributed by atoms with Gasteiger partial charge < -0.3 is 20.5 Å². The molecule has 3 atom stereocenters. The van der Waals surface area contributed by atoms with Gasteiger partial charge in [-0.2, -0.15) is 0 Å². The number of guanidine groups is 1. The van der Waals surface area contributed by atoms with Gasteiger partial charge in [-0.1, -0.05) is 32.4 Å². The molecular formula is C32H45N5O4. The van der Waals surface area contributed by atoms with Crippen LogP contribution in [-0.4, -0.2) is 41.0 Å². The number of amides is 2. The quantitative estimate of drug-likeness (QED) is 0.377. The Morgan fingerprint density at radius 3 is 2.78 bits per heavy atom. The van der Waals surface area contributed by atoms with Crippen molar-refractivity contribution in [3.8, 4) is 11.5 Å². The SMILES string of the molecule is CC.CC1(C)CC(NC(=O)CCC2COc3ccncc3C2)c2cc(CCCCC3CC(=O)NC(N)=N3)ccc2O1. The van der Waals surface area contributed by atoms with E-state index < -0.39 is 0 Å². The van der Waals surface area contributed by atoms with Crippen LogP contribution in [0.2, 0.25) is 0 Å². The summed E-state index contributed by atoms with van der Waals surface area (Å²) in [6.07, 6.45) is 10.5. The molecule has 3 unspecified atom stereocenters. The van der Waals surface area contributed by atoms with Gasteiger partial charge in [0.2, 0.25) is 11.8 Å². The van der Waals surface area contributed by atoms with Crippen molar-refractivity contribution in [1.29, 1.82) is 0 Å². The first-order valence-corrected chi connectivity index (χ1v) is 15.0. The summed E-state index contributed by atoms with van der Waals surface area (Å²) in [7, 11) is 0. The Bertz CT molecular complexity index is 1240. The zero-order valence-electron chi connectivity index (χ0n) is 24.9. The van der Waals surface area contributed by atoms with Gasteiger partial charge in [-0.05, 0) is 69.6 Å². The van der Waals surface area contributed by atoms with Crippen molar-refractivity contribution in [2.45, 2.75) is 103 Å². The highest BCUT2D eigenvalue weighted by molar-refractivity contribution is 5.98. The molecule has 0 saturated heterocycles. The number of nitrogens with two attached hydrogens (primary N) is 1. The van der Waals surface area contributed by atoms with Gasteiger partial charge in [0.05, 0.1) is 18.7 Å². The van der Waals surface area contributed by atoms with Crippen LogP contribution in [0.3, 0.4) is 0 Å². The standard InChI is InChI=1S/C30H39N5O4.C2H6/c1-30(2)16-24(34-27(36)10-8-20-13-21-17-32-12-11-25(21)38-18-20)23-14-19(7-9-26(23)39-30)5-3-4-6-22-15-28(37)35-29(31)33-22;1-2/h7,9,11-12,14,17,20,22,24H,3-6,8,10,13,15-16,18H2,1-2H3,(H,34,36)(H3,31,33,35,37);1-2H3. The third-order valence-electron chi connectivity index (χ3n) is 7.75. The third kappa shape index (κ3) is 8.44. The van der Waals surface area contributed by atoms with E-state index in [1.807, 2.05) is 32.2 Å². The molecule has 0 spiro atoms. The van der Waals surface area contributed by atoms with Crippen LogP contribution in [0, 0.1) is 5.92 Å². The number of fused-ring (bicyclic) bond motifs is 2. The van der Waals surface area contributed by atoms with Crippen molar-refractivity contribution >= 4 is 17.8 Å². The van der Waals surface area contributed by atoms with E-state index in [4.69, 9.17) is 15.2 Å². The summed E-state index contributed by atoms with van der Waals surface area (Å²) in [5.41, 5.74) is 8.69. The van der Waals surface area contributed by atoms with Crippen LogP contribution < -0.4 is 25.8 Å². The lowest BCUT2D eigenvalue weighted by molar-refractivity contribution is -0.123. The molecule has 9 heteroatoms. The zero-order valence-corrected chi connectivity index (χ0v) is 24.9. The molecule has 9 nitrogen and oxygen atoms in total. The first kappa shape index (κ1) is 30.3. The van der Waals surface area contributed by atoms with Crippen LogP contribution in [0.5, 0.6) is 11.5 Å². The number of aromatic nitrogens is 1. The lowest BCUT2D eigenvalue weighted by Gasteiger charge is -2.38. The number of nitrogens with one attached hydrogen (secondary N) is 2. The average molecular weight is 564 g/mol. The maximum atomic E-state index is 13.1. The fraction of sp³-hybridized carbons (Fsp3) is 0.562. The summed E-state index contributed by atoms with van der Waals surface area (Å²) in [5.74, 6) is 2.26. The van der Waals surface area contributed by atoms with Crippen molar-refractivity contribution in [1.82, 2.24) is 15.6 Å². The van der Waals surface area contributed by atoms with E-state index in [-0.39, 0.29) is 35.5 Å². The molecule has 1 aromatic heterocycles. The van der Waals surface area contributed by atoms with Crippen molar-refractivity contribution in [3.63, 3.8) is 0 Å². The Morgan fingerprint density at radius 2 is 1.98 bits per heavy atom. The average Bonchev–Trinajstić information content (AvgIpc) is 2.94. The van der Waals surface area contributed by atoms with Crippen LogP contribution in [0.15, 0.2) is 41.7 Å². The van der Waals surface area contributed by atoms with Gasteiger partial charge in [0.15, 0.2) is 5.96 Å². The van der Waals surface area contributed by atoms with E-state index in [2.05, 4.69) is 46.6 Å². The van der Waals surface area contributed by atoms with E-state index in [1.165, 1.54) is 5.56 Å². The monoisotopic (exact) mass is 563 g/mol. The fourth-order valence-corrected chi connectivity index (χ4v) is 5.82. The molecular weight excluding hydrogens is 518 g/mol. The molecule has 2 aromatic rings. The minimum absolute atomic E-state index is 0.0379. The summed E-state index contributed by atoms with van der Waals surface area (Å²) in [6, 6.07) is 8.09. The second-order valence-electron chi connectivity index (χ2n) is 11.6. The van der Waals surface area contributed by atoms with Crippen LogP contribution >= 0.6 is 0 Å². The first-order chi connectivity index (χ1) is 19.7. The van der Waals surface area contributed by atoms with Gasteiger partial charge in [0.25, 0.3) is 0 Å². The van der Waals surface area contributed by atoms with Crippen molar-refractivity contribution in [2.24, 2.45) is 16.6 Å². The lowest BCUT2D eigenvalue weighted by Crippen LogP contribution is -2.43. The molecule has 0 fully saturated rings. The topological polar surface area (TPSA) is 128 Å². The zero-order chi connectivity index (χ0) is 29.4. The number of hydrogen-bond donors (Lipinski definition) is 3. The normalized spacial score (nSPS) is 22.3. The summed E-state index contributed by atoms with van der Waals surface area (Å²) in [6.45, 7) is 8.76. The Morgan fingerprint density at radius 1 is 1.15 bits per heavy atom. The third-order valence-corrected chi connectivity index (χ3v) is 7.75. The number of unbranched alkanes of at least 4 members (excludes halogenated alkanes) is 1. The number of carbonyl (C=O) groups excluding carboxylic acids is 2. The van der Waals surface area contributed by atoms with Crippen LogP contribution in [0.1, 0.15) is 95.4 Å². The number of benzene rings is 1. The van der Waals surface area contributed by atoms with Gasteiger partial charge in [0.1, 0.15) is 17.1 Å². The number of aryl methyl sites for hydroxylation is 1. The molecule has 0 bridgehead atoms. The molecule has 5 rings (SSSR count). The van der Waals surface area contributed by atoms with Gasteiger partial charge in [0, 0.05) is 42.8 Å². The number of nitrogens with zero attached hydrogens (tertiary/aromatic N) is 2. The lowest BCUT2D eigenvalue weighted by atomic mass is 9.88. The highest BCUT2D eigenvalue weighted by Crippen LogP contribution is 2.40. The molecule has 0 aliphatic carbocycles. The van der Waals surface area contributed by atoms with Crippen molar-refractivity contribution in [3.05, 3.63) is 53.3 Å². The summed E-state index contributed by atoms with van der Waals surface area (Å²) >= 11 is 0. The Kier molecular flexibility index (Phi) is 10.2. The van der Waals surface area contributed by atoms with Crippen LogP contribution in [0.4, 0.5) is 0 Å². The predicted molar refractivity (Wildman–Crippen MR) is 160 cm³/mol. The number of ether oxygens (including phenoxy) is 2. The molecule has 4 heterocycles. The molecule has 0 radical (unpaired) electrons. The van der Waals surface area contributed by atoms with Crippen molar-refractivity contribution < 1.29 is 19.1 Å². The maximum absolute atomic E-state index is 13.1. The largest absolute Gasteiger partial charge is 0.493 e. The van der Waals surface area contributed by atoms with Gasteiger partial charge >= 0.3 is 0 Å². The highest BCUT2D eigenvalue weighted by atomic mass is 16.5. The van der Waals surface area contributed by atoms with E-state index in [1.54, 1.807) is 6.20 Å².